The molecule has 1 heterocycles. The molecule has 2 aromatic rings. The summed E-state index contributed by atoms with van der Waals surface area (Å²) in [7, 11) is 1.29. The van der Waals surface area contributed by atoms with Gasteiger partial charge < -0.3 is 9.84 Å². The maximum atomic E-state index is 13.0. The number of urea groups is 1. The van der Waals surface area contributed by atoms with Crippen LogP contribution >= 0.6 is 11.6 Å². The number of phenols is 1. The van der Waals surface area contributed by atoms with Gasteiger partial charge in [-0.15, -0.1) is 0 Å². The smallest absolute Gasteiger partial charge is 0.416 e. The van der Waals surface area contributed by atoms with Gasteiger partial charge in [0.15, 0.2) is 11.5 Å². The molecule has 1 saturated heterocycles. The van der Waals surface area contributed by atoms with Crippen LogP contribution in [0.15, 0.2) is 42.0 Å². The number of anilines is 1. The van der Waals surface area contributed by atoms with Crippen molar-refractivity contribution in [3.63, 3.8) is 0 Å². The van der Waals surface area contributed by atoms with Crippen LogP contribution in [0.25, 0.3) is 6.08 Å². The van der Waals surface area contributed by atoms with E-state index in [0.29, 0.717) is 17.0 Å². The Kier molecular flexibility index (Phi) is 5.45. The molecular weight excluding hydrogens is 429 g/mol. The van der Waals surface area contributed by atoms with E-state index in [4.69, 9.17) is 16.3 Å². The third kappa shape index (κ3) is 3.94. The molecule has 30 heavy (non-hydrogen) atoms. The van der Waals surface area contributed by atoms with E-state index in [1.165, 1.54) is 25.3 Å². The van der Waals surface area contributed by atoms with Crippen molar-refractivity contribution in [1.82, 2.24) is 5.32 Å². The Hall–Kier alpha value is -3.53. The molecule has 11 heteroatoms. The summed E-state index contributed by atoms with van der Waals surface area (Å²) in [4.78, 5) is 37.6. The number of benzene rings is 2. The number of ether oxygens (including phenoxy) is 1. The predicted molar refractivity (Wildman–Crippen MR) is 100 cm³/mol. The van der Waals surface area contributed by atoms with Gasteiger partial charge >= 0.3 is 12.2 Å². The van der Waals surface area contributed by atoms with Crippen LogP contribution in [0.4, 0.5) is 23.7 Å². The van der Waals surface area contributed by atoms with Crippen LogP contribution in [-0.4, -0.2) is 30.1 Å². The lowest BCUT2D eigenvalue weighted by Crippen LogP contribution is -2.54. The molecule has 0 aliphatic carbocycles. The molecule has 0 radical (unpaired) electrons. The van der Waals surface area contributed by atoms with Crippen LogP contribution in [0.3, 0.4) is 0 Å². The quantitative estimate of drug-likeness (QED) is 0.560. The molecule has 0 unspecified atom stereocenters. The van der Waals surface area contributed by atoms with Crippen molar-refractivity contribution in [1.29, 1.82) is 0 Å². The number of rotatable bonds is 3. The topological polar surface area (TPSA) is 95.9 Å². The Morgan fingerprint density at radius 1 is 1.13 bits per heavy atom. The number of phenolic OH excluding ortho intramolecular Hbond substituents is 1. The number of nitrogens with zero attached hydrogens (tertiary/aromatic N) is 1. The van der Waals surface area contributed by atoms with Gasteiger partial charge in [0, 0.05) is 0 Å². The first kappa shape index (κ1) is 21.2. The highest BCUT2D eigenvalue weighted by Crippen LogP contribution is 2.36. The molecule has 1 aliphatic rings. The van der Waals surface area contributed by atoms with Gasteiger partial charge in [-0.05, 0) is 42.0 Å². The Bertz CT molecular complexity index is 1100. The number of hydrogen-bond acceptors (Lipinski definition) is 5. The molecule has 1 aliphatic heterocycles. The first-order valence-corrected chi connectivity index (χ1v) is 8.56. The molecule has 2 aromatic carbocycles. The van der Waals surface area contributed by atoms with Gasteiger partial charge in [0.05, 0.1) is 23.4 Å². The second-order valence-electron chi connectivity index (χ2n) is 6.05. The lowest BCUT2D eigenvalue weighted by molar-refractivity contribution is -0.137. The fourth-order valence-corrected chi connectivity index (χ4v) is 2.89. The Labute approximate surface area is 172 Å². The van der Waals surface area contributed by atoms with E-state index in [1.807, 2.05) is 5.32 Å². The summed E-state index contributed by atoms with van der Waals surface area (Å²) in [5, 5.41) is 11.2. The highest BCUT2D eigenvalue weighted by molar-refractivity contribution is 6.42. The largest absolute Gasteiger partial charge is 0.504 e. The minimum atomic E-state index is -4.74. The van der Waals surface area contributed by atoms with E-state index in [2.05, 4.69) is 0 Å². The van der Waals surface area contributed by atoms with E-state index in [-0.39, 0.29) is 22.1 Å². The minimum Gasteiger partial charge on any atom is -0.504 e. The number of imide groups is 2. The third-order valence-electron chi connectivity index (χ3n) is 4.13. The van der Waals surface area contributed by atoms with Crippen LogP contribution < -0.4 is 15.0 Å². The standard InChI is InChI=1S/C19H12ClF3N2O5/c1-30-15-7-9(2-5-14(15)26)6-11-16(27)24-18(29)25(17(11)28)13-8-10(19(21,22)23)3-4-12(13)20/h2-8,26H,1H3,(H,24,27,29). The van der Waals surface area contributed by atoms with Crippen molar-refractivity contribution in [2.24, 2.45) is 0 Å². The second-order valence-corrected chi connectivity index (χ2v) is 6.46. The summed E-state index contributed by atoms with van der Waals surface area (Å²) in [5.74, 6) is -2.35. The maximum absolute atomic E-state index is 13.0. The monoisotopic (exact) mass is 440 g/mol. The van der Waals surface area contributed by atoms with Gasteiger partial charge in [-0.2, -0.15) is 13.2 Å². The van der Waals surface area contributed by atoms with Crippen molar-refractivity contribution >= 4 is 41.2 Å². The molecule has 0 bridgehead atoms. The van der Waals surface area contributed by atoms with Crippen molar-refractivity contribution < 1.29 is 37.4 Å². The lowest BCUT2D eigenvalue weighted by atomic mass is 10.1. The van der Waals surface area contributed by atoms with Crippen molar-refractivity contribution in [2.45, 2.75) is 6.18 Å². The van der Waals surface area contributed by atoms with E-state index >= 15 is 0 Å². The van der Waals surface area contributed by atoms with Crippen LogP contribution in [0.5, 0.6) is 11.5 Å². The SMILES string of the molecule is COc1cc(C=C2C(=O)NC(=O)N(c3cc(C(F)(F)F)ccc3Cl)C2=O)ccc1O. The van der Waals surface area contributed by atoms with Gasteiger partial charge in [0.1, 0.15) is 5.57 Å². The van der Waals surface area contributed by atoms with E-state index in [0.717, 1.165) is 12.1 Å². The maximum Gasteiger partial charge on any atom is 0.416 e. The number of methoxy groups -OCH3 is 1. The zero-order chi connectivity index (χ0) is 22.2. The zero-order valence-corrected chi connectivity index (χ0v) is 15.8. The molecule has 7 nitrogen and oxygen atoms in total. The van der Waals surface area contributed by atoms with Gasteiger partial charge in [-0.1, -0.05) is 17.7 Å². The van der Waals surface area contributed by atoms with E-state index in [1.54, 1.807) is 0 Å². The lowest BCUT2D eigenvalue weighted by Gasteiger charge is -2.27. The molecule has 4 amide bonds. The van der Waals surface area contributed by atoms with Crippen LogP contribution in [0.2, 0.25) is 5.02 Å². The molecule has 0 aromatic heterocycles. The summed E-state index contributed by atoms with van der Waals surface area (Å²) in [6, 6.07) is 4.82. The first-order chi connectivity index (χ1) is 14.0. The number of aromatic hydroxyl groups is 1. The number of hydrogen-bond donors (Lipinski definition) is 2. The number of nitrogens with one attached hydrogen (secondary N) is 1. The highest BCUT2D eigenvalue weighted by atomic mass is 35.5. The number of carbonyl (C=O) groups is 3. The first-order valence-electron chi connectivity index (χ1n) is 8.18. The van der Waals surface area contributed by atoms with Gasteiger partial charge in [-0.3, -0.25) is 14.9 Å². The van der Waals surface area contributed by atoms with Crippen molar-refractivity contribution in [3.05, 3.63) is 58.1 Å². The van der Waals surface area contributed by atoms with Crippen LogP contribution in [-0.2, 0) is 15.8 Å². The highest BCUT2D eigenvalue weighted by Gasteiger charge is 2.39. The summed E-state index contributed by atoms with van der Waals surface area (Å²) in [6.45, 7) is 0. The summed E-state index contributed by atoms with van der Waals surface area (Å²) < 4.78 is 44.1. The number of amides is 4. The molecule has 156 valence electrons. The molecule has 1 fully saturated rings. The molecule has 2 N–H and O–H groups in total. The minimum absolute atomic E-state index is 0.0573. The fraction of sp³-hybridized carbons (Fsp3) is 0.105. The molecule has 0 saturated carbocycles. The van der Waals surface area contributed by atoms with E-state index in [9.17, 15) is 32.7 Å². The van der Waals surface area contributed by atoms with Crippen LogP contribution in [0, 0.1) is 0 Å². The summed E-state index contributed by atoms with van der Waals surface area (Å²) in [6.07, 6.45) is -3.65. The number of halogens is 4. The van der Waals surface area contributed by atoms with Gasteiger partial charge in [0.2, 0.25) is 0 Å². The van der Waals surface area contributed by atoms with E-state index < -0.39 is 40.8 Å². The summed E-state index contributed by atoms with van der Waals surface area (Å²) >= 11 is 5.92. The Balaban J connectivity index is 2.08. The van der Waals surface area contributed by atoms with Crippen molar-refractivity contribution in [2.75, 3.05) is 12.0 Å². The molecule has 0 atom stereocenters. The zero-order valence-electron chi connectivity index (χ0n) is 15.1. The molecule has 3 rings (SSSR count). The number of carbonyl (C=O) groups excluding carboxylic acids is 3. The number of barbiturate groups is 1. The normalized spacial score (nSPS) is 16.1. The third-order valence-corrected chi connectivity index (χ3v) is 4.45. The molecular formula is C19H12ClF3N2O5. The molecule has 0 spiro atoms. The van der Waals surface area contributed by atoms with Gasteiger partial charge in [0.25, 0.3) is 11.8 Å². The van der Waals surface area contributed by atoms with Crippen LogP contribution in [0.1, 0.15) is 11.1 Å². The Morgan fingerprint density at radius 3 is 2.47 bits per heavy atom. The fourth-order valence-electron chi connectivity index (χ4n) is 2.69. The Morgan fingerprint density at radius 2 is 1.83 bits per heavy atom. The average Bonchev–Trinajstić information content (AvgIpc) is 2.66. The summed E-state index contributed by atoms with van der Waals surface area (Å²) in [5.41, 5.74) is -1.94. The van der Waals surface area contributed by atoms with Crippen molar-refractivity contribution in [3.8, 4) is 11.5 Å². The number of alkyl halides is 3. The van der Waals surface area contributed by atoms with Gasteiger partial charge in [-0.25, -0.2) is 9.69 Å². The second kappa shape index (κ2) is 7.71. The average molecular weight is 441 g/mol. The predicted octanol–water partition coefficient (Wildman–Crippen LogP) is 3.74.